The Morgan fingerprint density at radius 3 is 2.78 bits per heavy atom. The number of nitrogens with zero attached hydrogens (tertiary/aromatic N) is 1. The maximum Gasteiger partial charge on any atom is 0.337 e. The first-order valence-electron chi connectivity index (χ1n) is 6.18. The van der Waals surface area contributed by atoms with Crippen molar-refractivity contribution in [2.45, 2.75) is 13.5 Å². The van der Waals surface area contributed by atoms with Crippen molar-refractivity contribution in [3.63, 3.8) is 0 Å². The monoisotopic (exact) mass is 249 g/mol. The van der Waals surface area contributed by atoms with Crippen molar-refractivity contribution in [2.75, 3.05) is 33.4 Å². The van der Waals surface area contributed by atoms with Crippen LogP contribution in [0.25, 0.3) is 0 Å². The molecule has 0 amide bonds. The molecule has 0 atom stereocenters. The first kappa shape index (κ1) is 13.1. The molecule has 1 saturated heterocycles. The highest BCUT2D eigenvalue weighted by Gasteiger charge is 2.13. The van der Waals surface area contributed by atoms with Crippen molar-refractivity contribution in [3.8, 4) is 0 Å². The fraction of sp³-hybridized carbons (Fsp3) is 0.500. The third-order valence-electron chi connectivity index (χ3n) is 3.27. The second kappa shape index (κ2) is 5.98. The standard InChI is InChI=1S/C14H19NO3/c1-11-3-4-12(14(16)17-2)9-13(11)10-15-5-7-18-8-6-15/h3-4,9H,5-8,10H2,1-2H3. The minimum Gasteiger partial charge on any atom is -0.465 e. The Balaban J connectivity index is 2.12. The lowest BCUT2D eigenvalue weighted by atomic mass is 10.0. The minimum atomic E-state index is -0.279. The van der Waals surface area contributed by atoms with Crippen LogP contribution in [0, 0.1) is 6.92 Å². The van der Waals surface area contributed by atoms with E-state index in [0.717, 1.165) is 32.8 Å². The van der Waals surface area contributed by atoms with Crippen molar-refractivity contribution >= 4 is 5.97 Å². The zero-order valence-corrected chi connectivity index (χ0v) is 10.9. The van der Waals surface area contributed by atoms with E-state index in [2.05, 4.69) is 11.8 Å². The number of morpholine rings is 1. The minimum absolute atomic E-state index is 0.279. The largest absolute Gasteiger partial charge is 0.465 e. The fourth-order valence-electron chi connectivity index (χ4n) is 2.09. The number of methoxy groups -OCH3 is 1. The summed E-state index contributed by atoms with van der Waals surface area (Å²) in [5.41, 5.74) is 3.00. The smallest absolute Gasteiger partial charge is 0.337 e. The van der Waals surface area contributed by atoms with Gasteiger partial charge in [0.05, 0.1) is 25.9 Å². The molecule has 18 heavy (non-hydrogen) atoms. The molecule has 0 bridgehead atoms. The summed E-state index contributed by atoms with van der Waals surface area (Å²) in [6.07, 6.45) is 0. The number of hydrogen-bond acceptors (Lipinski definition) is 4. The van der Waals surface area contributed by atoms with Gasteiger partial charge in [-0.1, -0.05) is 6.07 Å². The van der Waals surface area contributed by atoms with Crippen molar-refractivity contribution in [3.05, 3.63) is 34.9 Å². The number of aryl methyl sites for hydroxylation is 1. The zero-order chi connectivity index (χ0) is 13.0. The van der Waals surface area contributed by atoms with E-state index in [-0.39, 0.29) is 5.97 Å². The molecule has 1 fully saturated rings. The molecule has 0 radical (unpaired) electrons. The molecule has 4 heteroatoms. The van der Waals surface area contributed by atoms with Gasteiger partial charge in [0, 0.05) is 19.6 Å². The van der Waals surface area contributed by atoms with E-state index in [1.807, 2.05) is 18.2 Å². The van der Waals surface area contributed by atoms with E-state index >= 15 is 0 Å². The van der Waals surface area contributed by atoms with Gasteiger partial charge in [-0.2, -0.15) is 0 Å². The predicted molar refractivity (Wildman–Crippen MR) is 68.6 cm³/mol. The van der Waals surface area contributed by atoms with E-state index < -0.39 is 0 Å². The highest BCUT2D eigenvalue weighted by Crippen LogP contribution is 2.15. The van der Waals surface area contributed by atoms with E-state index in [1.54, 1.807) is 0 Å². The Hall–Kier alpha value is -1.39. The van der Waals surface area contributed by atoms with E-state index in [4.69, 9.17) is 9.47 Å². The van der Waals surface area contributed by atoms with Gasteiger partial charge >= 0.3 is 5.97 Å². The van der Waals surface area contributed by atoms with Gasteiger partial charge in [0.1, 0.15) is 0 Å². The van der Waals surface area contributed by atoms with E-state index in [9.17, 15) is 4.79 Å². The summed E-state index contributed by atoms with van der Waals surface area (Å²) in [7, 11) is 1.41. The van der Waals surface area contributed by atoms with Gasteiger partial charge in [-0.15, -0.1) is 0 Å². The lowest BCUT2D eigenvalue weighted by Crippen LogP contribution is -2.35. The molecule has 1 aromatic carbocycles. The summed E-state index contributed by atoms with van der Waals surface area (Å²) >= 11 is 0. The number of ether oxygens (including phenoxy) is 2. The van der Waals surface area contributed by atoms with Crippen LogP contribution in [0.5, 0.6) is 0 Å². The summed E-state index contributed by atoms with van der Waals surface area (Å²) in [5, 5.41) is 0. The van der Waals surface area contributed by atoms with Crippen LogP contribution in [0.4, 0.5) is 0 Å². The van der Waals surface area contributed by atoms with Crippen molar-refractivity contribution < 1.29 is 14.3 Å². The van der Waals surface area contributed by atoms with Crippen LogP contribution in [-0.4, -0.2) is 44.3 Å². The number of carbonyl (C=O) groups is 1. The normalized spacial score (nSPS) is 16.6. The van der Waals surface area contributed by atoms with Crippen LogP contribution >= 0.6 is 0 Å². The van der Waals surface area contributed by atoms with Crippen molar-refractivity contribution in [2.24, 2.45) is 0 Å². The van der Waals surface area contributed by atoms with Gasteiger partial charge in [-0.25, -0.2) is 4.79 Å². The third kappa shape index (κ3) is 3.09. The number of esters is 1. The number of hydrogen-bond donors (Lipinski definition) is 0. The average Bonchev–Trinajstić information content (AvgIpc) is 2.41. The predicted octanol–water partition coefficient (Wildman–Crippen LogP) is 1.61. The second-order valence-electron chi connectivity index (χ2n) is 4.52. The van der Waals surface area contributed by atoms with Crippen LogP contribution in [0.2, 0.25) is 0 Å². The molecular weight excluding hydrogens is 230 g/mol. The molecule has 98 valence electrons. The van der Waals surface area contributed by atoms with E-state index in [1.165, 1.54) is 18.2 Å². The Labute approximate surface area is 107 Å². The molecule has 1 aliphatic heterocycles. The zero-order valence-electron chi connectivity index (χ0n) is 10.9. The molecule has 2 rings (SSSR count). The molecule has 0 spiro atoms. The molecular formula is C14H19NO3. The maximum atomic E-state index is 11.5. The summed E-state index contributed by atoms with van der Waals surface area (Å²) in [6, 6.07) is 5.71. The van der Waals surface area contributed by atoms with Crippen LogP contribution in [-0.2, 0) is 16.0 Å². The Kier molecular flexibility index (Phi) is 4.33. The molecule has 1 aliphatic rings. The third-order valence-corrected chi connectivity index (χ3v) is 3.27. The Morgan fingerprint density at radius 1 is 1.39 bits per heavy atom. The molecule has 0 aromatic heterocycles. The maximum absolute atomic E-state index is 11.5. The molecule has 1 heterocycles. The molecule has 0 aliphatic carbocycles. The highest BCUT2D eigenvalue weighted by molar-refractivity contribution is 5.89. The number of benzene rings is 1. The lowest BCUT2D eigenvalue weighted by molar-refractivity contribution is 0.0340. The molecule has 0 unspecified atom stereocenters. The van der Waals surface area contributed by atoms with Crippen LogP contribution in [0.15, 0.2) is 18.2 Å². The van der Waals surface area contributed by atoms with Gasteiger partial charge < -0.3 is 9.47 Å². The SMILES string of the molecule is COC(=O)c1ccc(C)c(CN2CCOCC2)c1. The van der Waals surface area contributed by atoms with Gasteiger partial charge in [0.25, 0.3) is 0 Å². The fourth-order valence-corrected chi connectivity index (χ4v) is 2.09. The van der Waals surface area contributed by atoms with Crippen LogP contribution in [0.3, 0.4) is 0 Å². The first-order chi connectivity index (χ1) is 8.70. The van der Waals surface area contributed by atoms with Gasteiger partial charge in [0.2, 0.25) is 0 Å². The summed E-state index contributed by atoms with van der Waals surface area (Å²) in [4.78, 5) is 13.9. The van der Waals surface area contributed by atoms with Crippen molar-refractivity contribution in [1.82, 2.24) is 4.90 Å². The van der Waals surface area contributed by atoms with E-state index in [0.29, 0.717) is 5.56 Å². The summed E-state index contributed by atoms with van der Waals surface area (Å²) in [5.74, 6) is -0.279. The average molecular weight is 249 g/mol. The molecule has 0 N–H and O–H groups in total. The Bertz CT molecular complexity index is 425. The molecule has 1 aromatic rings. The van der Waals surface area contributed by atoms with Crippen LogP contribution in [0.1, 0.15) is 21.5 Å². The van der Waals surface area contributed by atoms with Gasteiger partial charge in [-0.05, 0) is 30.2 Å². The molecule has 0 saturated carbocycles. The lowest BCUT2D eigenvalue weighted by Gasteiger charge is -2.27. The van der Waals surface area contributed by atoms with Crippen molar-refractivity contribution in [1.29, 1.82) is 0 Å². The topological polar surface area (TPSA) is 38.8 Å². The quantitative estimate of drug-likeness (QED) is 0.763. The molecule has 4 nitrogen and oxygen atoms in total. The number of rotatable bonds is 3. The number of carbonyl (C=O) groups excluding carboxylic acids is 1. The first-order valence-corrected chi connectivity index (χ1v) is 6.18. The Morgan fingerprint density at radius 2 is 2.11 bits per heavy atom. The summed E-state index contributed by atoms with van der Waals surface area (Å²) in [6.45, 7) is 6.39. The van der Waals surface area contributed by atoms with Gasteiger partial charge in [0.15, 0.2) is 0 Å². The summed E-state index contributed by atoms with van der Waals surface area (Å²) < 4.78 is 10.1. The van der Waals surface area contributed by atoms with Crippen LogP contribution < -0.4 is 0 Å². The van der Waals surface area contributed by atoms with Gasteiger partial charge in [-0.3, -0.25) is 4.90 Å². The second-order valence-corrected chi connectivity index (χ2v) is 4.52. The highest BCUT2D eigenvalue weighted by atomic mass is 16.5.